The predicted molar refractivity (Wildman–Crippen MR) is 78.8 cm³/mol. The molecule has 0 fully saturated rings. The van der Waals surface area contributed by atoms with Crippen LogP contribution in [0.4, 0.5) is 5.69 Å². The molecule has 0 radical (unpaired) electrons. The van der Waals surface area contributed by atoms with Crippen LogP contribution in [0.5, 0.6) is 5.88 Å². The first kappa shape index (κ1) is 14.5. The monoisotopic (exact) mass is 282 g/mol. The van der Waals surface area contributed by atoms with Crippen molar-refractivity contribution < 1.29 is 9.53 Å². The third-order valence-electron chi connectivity index (χ3n) is 3.36. The molecule has 21 heavy (non-hydrogen) atoms. The van der Waals surface area contributed by atoms with E-state index in [0.29, 0.717) is 16.7 Å². The molecule has 0 N–H and O–H groups in total. The first-order valence-corrected chi connectivity index (χ1v) is 6.32. The number of aromatic nitrogens is 1. The van der Waals surface area contributed by atoms with Crippen LogP contribution in [0.1, 0.15) is 21.5 Å². The lowest BCUT2D eigenvalue weighted by molar-refractivity contribution is 0.0719. The Morgan fingerprint density at radius 1 is 1.19 bits per heavy atom. The summed E-state index contributed by atoms with van der Waals surface area (Å²) in [6.07, 6.45) is 0. The molecule has 0 saturated heterocycles. The minimum Gasteiger partial charge on any atom is -0.405 e. The molecule has 0 aliphatic heterocycles. The second-order valence-electron chi connectivity index (χ2n) is 4.64. The zero-order valence-corrected chi connectivity index (χ0v) is 12.0. The second kappa shape index (κ2) is 5.63. The van der Waals surface area contributed by atoms with Gasteiger partial charge in [0.2, 0.25) is 5.88 Å². The van der Waals surface area contributed by atoms with Crippen molar-refractivity contribution in [1.29, 1.82) is 0 Å². The third-order valence-corrected chi connectivity index (χ3v) is 3.36. The Bertz CT molecular complexity index is 799. The summed E-state index contributed by atoms with van der Waals surface area (Å²) < 4.78 is 6.54. The van der Waals surface area contributed by atoms with Crippen molar-refractivity contribution in [3.05, 3.63) is 68.8 Å². The quantitative estimate of drug-likeness (QED) is 0.628. The summed E-state index contributed by atoms with van der Waals surface area (Å²) in [5.74, 6) is -0.373. The van der Waals surface area contributed by atoms with E-state index in [1.165, 1.54) is 11.6 Å². The number of hydrogen-bond donors (Lipinski definition) is 0. The van der Waals surface area contributed by atoms with Gasteiger partial charge in [-0.05, 0) is 31.5 Å². The molecule has 1 aromatic carbocycles. The maximum Gasteiger partial charge on any atom is 0.344 e. The predicted octanol–water partition coefficient (Wildman–Crippen LogP) is 2.77. The molecule has 0 bridgehead atoms. The highest BCUT2D eigenvalue weighted by atomic mass is 16.5. The van der Waals surface area contributed by atoms with Gasteiger partial charge in [-0.3, -0.25) is 9.36 Å². The van der Waals surface area contributed by atoms with Gasteiger partial charge in [-0.2, -0.15) is 0 Å². The van der Waals surface area contributed by atoms with Crippen molar-refractivity contribution in [2.24, 2.45) is 7.05 Å². The number of nitrogens with zero attached hydrogens (tertiary/aromatic N) is 2. The van der Waals surface area contributed by atoms with Crippen LogP contribution in [0.15, 0.2) is 35.1 Å². The van der Waals surface area contributed by atoms with E-state index in [4.69, 9.17) is 11.3 Å². The number of ether oxygens (including phenoxy) is 1. The highest BCUT2D eigenvalue weighted by Crippen LogP contribution is 2.25. The van der Waals surface area contributed by atoms with Crippen LogP contribution < -0.4 is 10.3 Å². The fourth-order valence-electron chi connectivity index (χ4n) is 2.00. The van der Waals surface area contributed by atoms with Crippen molar-refractivity contribution >= 4 is 11.7 Å². The van der Waals surface area contributed by atoms with Crippen LogP contribution >= 0.6 is 0 Å². The zero-order chi connectivity index (χ0) is 15.6. The number of rotatable bonds is 2. The molecular weight excluding hydrogens is 268 g/mol. The average Bonchev–Trinajstić information content (AvgIpc) is 2.51. The van der Waals surface area contributed by atoms with E-state index in [2.05, 4.69) is 4.85 Å². The minimum absolute atomic E-state index is 0.0505. The fourth-order valence-corrected chi connectivity index (χ4v) is 2.00. The lowest BCUT2D eigenvalue weighted by atomic mass is 10.1. The Hall–Kier alpha value is -2.87. The van der Waals surface area contributed by atoms with Crippen molar-refractivity contribution in [3.63, 3.8) is 0 Å². The van der Waals surface area contributed by atoms with E-state index >= 15 is 0 Å². The normalized spacial score (nSPS) is 10.0. The number of benzene rings is 1. The molecule has 0 amide bonds. The number of pyridine rings is 1. The summed E-state index contributed by atoms with van der Waals surface area (Å²) in [4.78, 5) is 27.4. The maximum absolute atomic E-state index is 12.1. The van der Waals surface area contributed by atoms with E-state index in [-0.39, 0.29) is 11.6 Å². The molecule has 5 heteroatoms. The van der Waals surface area contributed by atoms with Crippen LogP contribution in [0.2, 0.25) is 0 Å². The first-order chi connectivity index (χ1) is 9.97. The smallest absolute Gasteiger partial charge is 0.344 e. The minimum atomic E-state index is -0.538. The van der Waals surface area contributed by atoms with Crippen LogP contribution in [0.25, 0.3) is 4.85 Å². The molecule has 0 aliphatic rings. The Kier molecular flexibility index (Phi) is 3.90. The molecule has 0 saturated carbocycles. The van der Waals surface area contributed by atoms with E-state index < -0.39 is 11.5 Å². The van der Waals surface area contributed by atoms with Crippen LogP contribution in [-0.2, 0) is 7.05 Å². The lowest BCUT2D eigenvalue weighted by Crippen LogP contribution is -2.23. The summed E-state index contributed by atoms with van der Waals surface area (Å²) in [6, 6.07) is 8.53. The average molecular weight is 282 g/mol. The number of carbonyl (C=O) groups is 1. The maximum atomic E-state index is 12.1. The second-order valence-corrected chi connectivity index (χ2v) is 4.64. The summed E-state index contributed by atoms with van der Waals surface area (Å²) >= 11 is 0. The summed E-state index contributed by atoms with van der Waals surface area (Å²) in [6.45, 7) is 10.5. The Morgan fingerprint density at radius 3 is 2.38 bits per heavy atom. The highest BCUT2D eigenvalue weighted by Gasteiger charge is 2.18. The molecule has 1 aromatic heterocycles. The van der Waals surface area contributed by atoms with Crippen molar-refractivity contribution in [2.45, 2.75) is 13.8 Å². The zero-order valence-electron chi connectivity index (χ0n) is 12.0. The van der Waals surface area contributed by atoms with Crippen molar-refractivity contribution in [1.82, 2.24) is 4.57 Å². The van der Waals surface area contributed by atoms with Gasteiger partial charge in [-0.15, -0.1) is 0 Å². The van der Waals surface area contributed by atoms with Crippen LogP contribution in [0.3, 0.4) is 0 Å². The van der Waals surface area contributed by atoms with E-state index in [1.807, 2.05) is 0 Å². The fraction of sp³-hybridized carbons (Fsp3) is 0.188. The molecule has 1 heterocycles. The van der Waals surface area contributed by atoms with Gasteiger partial charge in [0.05, 0.1) is 12.1 Å². The summed E-state index contributed by atoms with van der Waals surface area (Å²) in [5.41, 5.74) is 1.12. The standard InChI is InChI=1S/C16H14N2O3/c1-10-11(2)15(18(4)14(19)13(10)17-3)21-16(20)12-8-6-5-7-9-12/h5-9H,1-2,4H3. The van der Waals surface area contributed by atoms with Gasteiger partial charge in [-0.1, -0.05) is 18.2 Å². The highest BCUT2D eigenvalue weighted by molar-refractivity contribution is 5.91. The van der Waals surface area contributed by atoms with Gasteiger partial charge in [0.1, 0.15) is 0 Å². The Morgan fingerprint density at radius 2 is 1.81 bits per heavy atom. The van der Waals surface area contributed by atoms with Crippen LogP contribution in [-0.4, -0.2) is 10.5 Å². The largest absolute Gasteiger partial charge is 0.405 e. The molecule has 2 aromatic rings. The van der Waals surface area contributed by atoms with Gasteiger partial charge in [0, 0.05) is 12.6 Å². The van der Waals surface area contributed by atoms with Gasteiger partial charge in [0.25, 0.3) is 11.2 Å². The first-order valence-electron chi connectivity index (χ1n) is 6.32. The van der Waals surface area contributed by atoms with Gasteiger partial charge in [-0.25, -0.2) is 9.64 Å². The third kappa shape index (κ3) is 2.56. The number of hydrogen-bond acceptors (Lipinski definition) is 3. The van der Waals surface area contributed by atoms with E-state index in [0.717, 1.165) is 0 Å². The molecule has 0 aliphatic carbocycles. The van der Waals surface area contributed by atoms with Crippen molar-refractivity contribution in [3.8, 4) is 5.88 Å². The van der Waals surface area contributed by atoms with E-state index in [9.17, 15) is 9.59 Å². The number of carbonyl (C=O) groups excluding carboxylic acids is 1. The van der Waals surface area contributed by atoms with E-state index in [1.54, 1.807) is 44.2 Å². The molecular formula is C16H14N2O3. The topological polar surface area (TPSA) is 52.7 Å². The lowest BCUT2D eigenvalue weighted by Gasteiger charge is -2.14. The Balaban J connectivity index is 2.50. The van der Waals surface area contributed by atoms with Gasteiger partial charge < -0.3 is 4.74 Å². The SMILES string of the molecule is [C-]#[N+]c1c(C)c(C)c(OC(=O)c2ccccc2)n(C)c1=O. The number of esters is 1. The molecule has 0 unspecified atom stereocenters. The van der Waals surface area contributed by atoms with Gasteiger partial charge >= 0.3 is 5.97 Å². The van der Waals surface area contributed by atoms with Crippen molar-refractivity contribution in [2.75, 3.05) is 0 Å². The van der Waals surface area contributed by atoms with Gasteiger partial charge in [0.15, 0.2) is 0 Å². The molecule has 2 rings (SSSR count). The molecule has 0 atom stereocenters. The Labute approximate surface area is 122 Å². The molecule has 0 spiro atoms. The molecule has 106 valence electrons. The molecule has 5 nitrogen and oxygen atoms in total. The van der Waals surface area contributed by atoms with Crippen LogP contribution in [0, 0.1) is 20.4 Å². The summed E-state index contributed by atoms with van der Waals surface area (Å²) in [7, 11) is 1.48. The summed E-state index contributed by atoms with van der Waals surface area (Å²) in [5, 5.41) is 0.